The zero-order chi connectivity index (χ0) is 17.1. The maximum Gasteiger partial charge on any atom is 0.145 e. The van der Waals surface area contributed by atoms with Crippen LogP contribution >= 0.6 is 0 Å². The van der Waals surface area contributed by atoms with Crippen molar-refractivity contribution in [2.24, 2.45) is 5.92 Å². The molecule has 0 N–H and O–H groups in total. The molecule has 0 aliphatic carbocycles. The Hall–Kier alpha value is -2.45. The summed E-state index contributed by atoms with van der Waals surface area (Å²) in [6.45, 7) is 4.27. The first-order chi connectivity index (χ1) is 12.3. The Morgan fingerprint density at radius 1 is 1.12 bits per heavy atom. The minimum Gasteiger partial charge on any atom is -0.356 e. The number of piperidine rings is 2. The van der Waals surface area contributed by atoms with E-state index in [-0.39, 0.29) is 0 Å². The van der Waals surface area contributed by atoms with Gasteiger partial charge >= 0.3 is 0 Å². The van der Waals surface area contributed by atoms with Crippen molar-refractivity contribution in [2.45, 2.75) is 31.8 Å². The Kier molecular flexibility index (Phi) is 4.62. The predicted molar refractivity (Wildman–Crippen MR) is 96.9 cm³/mol. The Morgan fingerprint density at radius 2 is 2.00 bits per heavy atom. The zero-order valence-corrected chi connectivity index (χ0v) is 14.4. The lowest BCUT2D eigenvalue weighted by Crippen LogP contribution is -2.53. The summed E-state index contributed by atoms with van der Waals surface area (Å²) < 4.78 is 0. The number of anilines is 1. The number of hydrogen-bond acceptors (Lipinski definition) is 5. The van der Waals surface area contributed by atoms with E-state index in [4.69, 9.17) is 5.26 Å². The van der Waals surface area contributed by atoms with Crippen molar-refractivity contribution in [1.82, 2.24) is 14.9 Å². The molecule has 25 heavy (non-hydrogen) atoms. The van der Waals surface area contributed by atoms with E-state index in [1.807, 2.05) is 6.07 Å². The minimum atomic E-state index is 0.446. The van der Waals surface area contributed by atoms with Crippen LogP contribution in [0, 0.1) is 17.2 Å². The molecule has 2 aromatic rings. The number of benzene rings is 1. The van der Waals surface area contributed by atoms with Crippen LogP contribution in [-0.2, 0) is 6.54 Å². The molecule has 1 aromatic heterocycles. The molecule has 2 atom stereocenters. The molecule has 1 aromatic carbocycles. The van der Waals surface area contributed by atoms with Crippen molar-refractivity contribution in [2.75, 3.05) is 24.5 Å². The van der Waals surface area contributed by atoms with Crippen LogP contribution in [0.15, 0.2) is 42.7 Å². The average molecular weight is 333 g/mol. The summed E-state index contributed by atoms with van der Waals surface area (Å²) >= 11 is 0. The molecule has 0 bridgehead atoms. The monoisotopic (exact) mass is 333 g/mol. The van der Waals surface area contributed by atoms with E-state index < -0.39 is 0 Å². The molecule has 0 unspecified atom stereocenters. The normalized spacial score (nSPS) is 23.7. The molecular formula is C20H23N5. The highest BCUT2D eigenvalue weighted by atomic mass is 15.2. The largest absolute Gasteiger partial charge is 0.356 e. The number of nitriles is 1. The molecule has 2 saturated heterocycles. The van der Waals surface area contributed by atoms with Gasteiger partial charge in [0.15, 0.2) is 0 Å². The number of nitrogens with zero attached hydrogens (tertiary/aromatic N) is 5. The van der Waals surface area contributed by atoms with Gasteiger partial charge in [-0.15, -0.1) is 0 Å². The van der Waals surface area contributed by atoms with E-state index in [0.717, 1.165) is 31.9 Å². The van der Waals surface area contributed by atoms with Crippen LogP contribution in [0.4, 0.5) is 5.82 Å². The van der Waals surface area contributed by atoms with Gasteiger partial charge in [-0.2, -0.15) is 5.26 Å². The van der Waals surface area contributed by atoms with Crippen LogP contribution in [0.3, 0.4) is 0 Å². The predicted octanol–water partition coefficient (Wildman–Crippen LogP) is 2.84. The lowest BCUT2D eigenvalue weighted by Gasteiger charge is -2.47. The van der Waals surface area contributed by atoms with Gasteiger partial charge in [-0.05, 0) is 37.3 Å². The Bertz CT molecular complexity index is 754. The molecule has 5 heteroatoms. The molecule has 5 nitrogen and oxygen atoms in total. The highest BCUT2D eigenvalue weighted by Gasteiger charge is 2.36. The third-order valence-corrected chi connectivity index (χ3v) is 5.50. The van der Waals surface area contributed by atoms with E-state index in [1.165, 1.54) is 31.3 Å². The zero-order valence-electron chi connectivity index (χ0n) is 14.4. The second kappa shape index (κ2) is 7.20. The van der Waals surface area contributed by atoms with Crippen molar-refractivity contribution in [1.29, 1.82) is 5.26 Å². The van der Waals surface area contributed by atoms with E-state index in [0.29, 0.717) is 17.7 Å². The molecule has 2 aliphatic heterocycles. The molecule has 2 fully saturated rings. The minimum absolute atomic E-state index is 0.446. The molecule has 2 aliphatic rings. The molecule has 0 saturated carbocycles. The van der Waals surface area contributed by atoms with Crippen molar-refractivity contribution in [3.63, 3.8) is 0 Å². The molecule has 4 rings (SSSR count). The van der Waals surface area contributed by atoms with Crippen LogP contribution in [0.25, 0.3) is 0 Å². The standard InChI is InChI=1S/C20H23N5/c21-12-18-11-20(23-15-22-18)25-10-8-19-17(14-25)7-4-9-24(19)13-16-5-2-1-3-6-16/h1-3,5-6,11,15,17,19H,4,7-10,13-14H2/t17-,19-/m1/s1. The number of likely N-dealkylation sites (tertiary alicyclic amines) is 1. The van der Waals surface area contributed by atoms with Crippen LogP contribution < -0.4 is 4.90 Å². The van der Waals surface area contributed by atoms with Gasteiger partial charge in [0.2, 0.25) is 0 Å². The fraction of sp³-hybridized carbons (Fsp3) is 0.450. The van der Waals surface area contributed by atoms with Gasteiger partial charge in [-0.1, -0.05) is 30.3 Å². The topological polar surface area (TPSA) is 56.1 Å². The Balaban J connectivity index is 1.46. The van der Waals surface area contributed by atoms with Crippen LogP contribution in [0.2, 0.25) is 0 Å². The number of fused-ring (bicyclic) bond motifs is 1. The van der Waals surface area contributed by atoms with Gasteiger partial charge in [0, 0.05) is 31.7 Å². The third-order valence-electron chi connectivity index (χ3n) is 5.50. The Morgan fingerprint density at radius 3 is 2.84 bits per heavy atom. The van der Waals surface area contributed by atoms with Crippen LogP contribution in [0.1, 0.15) is 30.5 Å². The van der Waals surface area contributed by atoms with E-state index in [1.54, 1.807) is 0 Å². The SMILES string of the molecule is N#Cc1cc(N2CC[C@@H]3[C@H](CCCN3Cc3ccccc3)C2)ncn1. The van der Waals surface area contributed by atoms with Gasteiger partial charge in [0.05, 0.1) is 0 Å². The molecule has 0 spiro atoms. The first-order valence-corrected chi connectivity index (χ1v) is 9.08. The maximum absolute atomic E-state index is 9.06. The summed E-state index contributed by atoms with van der Waals surface area (Å²) in [5.74, 6) is 1.57. The summed E-state index contributed by atoms with van der Waals surface area (Å²) in [6.07, 6.45) is 5.20. The first kappa shape index (κ1) is 16.0. The summed E-state index contributed by atoms with van der Waals surface area (Å²) in [5, 5.41) is 9.06. The molecule has 3 heterocycles. The van der Waals surface area contributed by atoms with E-state index in [2.05, 4.69) is 56.2 Å². The number of hydrogen-bond donors (Lipinski definition) is 0. The highest BCUT2D eigenvalue weighted by molar-refractivity contribution is 5.42. The van der Waals surface area contributed by atoms with Crippen LogP contribution in [-0.4, -0.2) is 40.5 Å². The molecular weight excluding hydrogens is 310 g/mol. The fourth-order valence-electron chi connectivity index (χ4n) is 4.31. The first-order valence-electron chi connectivity index (χ1n) is 9.08. The summed E-state index contributed by atoms with van der Waals surface area (Å²) in [7, 11) is 0. The summed E-state index contributed by atoms with van der Waals surface area (Å²) in [5.41, 5.74) is 1.85. The van der Waals surface area contributed by atoms with Gasteiger partial charge in [0.25, 0.3) is 0 Å². The van der Waals surface area contributed by atoms with Gasteiger partial charge in [-0.3, -0.25) is 4.90 Å². The average Bonchev–Trinajstić information content (AvgIpc) is 2.69. The van der Waals surface area contributed by atoms with Crippen molar-refractivity contribution < 1.29 is 0 Å². The van der Waals surface area contributed by atoms with Crippen molar-refractivity contribution in [3.8, 4) is 6.07 Å². The quantitative estimate of drug-likeness (QED) is 0.864. The van der Waals surface area contributed by atoms with Crippen molar-refractivity contribution in [3.05, 3.63) is 54.0 Å². The van der Waals surface area contributed by atoms with Crippen LogP contribution in [0.5, 0.6) is 0 Å². The van der Waals surface area contributed by atoms with E-state index >= 15 is 0 Å². The number of rotatable bonds is 3. The molecule has 128 valence electrons. The summed E-state index contributed by atoms with van der Waals surface area (Å²) in [6, 6.07) is 15.4. The smallest absolute Gasteiger partial charge is 0.145 e. The van der Waals surface area contributed by atoms with Gasteiger partial charge in [-0.25, -0.2) is 9.97 Å². The van der Waals surface area contributed by atoms with Crippen molar-refractivity contribution >= 4 is 5.82 Å². The Labute approximate surface area is 148 Å². The molecule has 0 radical (unpaired) electrons. The number of aromatic nitrogens is 2. The highest BCUT2D eigenvalue weighted by Crippen LogP contribution is 2.33. The molecule has 0 amide bonds. The second-order valence-corrected chi connectivity index (χ2v) is 7.03. The van der Waals surface area contributed by atoms with Gasteiger partial charge in [0.1, 0.15) is 23.9 Å². The lowest BCUT2D eigenvalue weighted by molar-refractivity contribution is 0.0700. The van der Waals surface area contributed by atoms with Gasteiger partial charge < -0.3 is 4.90 Å². The summed E-state index contributed by atoms with van der Waals surface area (Å²) in [4.78, 5) is 13.4. The fourth-order valence-corrected chi connectivity index (χ4v) is 4.31. The van der Waals surface area contributed by atoms with E-state index in [9.17, 15) is 0 Å². The maximum atomic E-state index is 9.06. The lowest BCUT2D eigenvalue weighted by atomic mass is 9.83. The second-order valence-electron chi connectivity index (χ2n) is 7.03. The third kappa shape index (κ3) is 3.49.